The standard InChI is InChI=1S/C15H10BF3NO2/c17-16(18,19)13-8-4-1-5-10(13)9-20-14(21)11-6-2-3-7-12(11)15(20)22/h1-8H,9H2/q-1. The normalized spacial score (nSPS) is 14.4. The van der Waals surface area contributed by atoms with E-state index in [0.29, 0.717) is 0 Å². The van der Waals surface area contributed by atoms with Crippen molar-refractivity contribution in [2.45, 2.75) is 6.54 Å². The highest BCUT2D eigenvalue weighted by molar-refractivity contribution is 6.74. The molecule has 0 radical (unpaired) electrons. The smallest absolute Gasteiger partial charge is 0.445 e. The molecule has 7 heteroatoms. The Morgan fingerprint density at radius 1 is 0.818 bits per heavy atom. The van der Waals surface area contributed by atoms with Gasteiger partial charge in [-0.2, -0.15) is 0 Å². The van der Waals surface area contributed by atoms with Gasteiger partial charge in [0, 0.05) is 0 Å². The fourth-order valence-corrected chi connectivity index (χ4v) is 2.55. The molecule has 0 N–H and O–H groups in total. The van der Waals surface area contributed by atoms with Gasteiger partial charge in [0.2, 0.25) is 0 Å². The number of hydrogen-bond donors (Lipinski definition) is 0. The summed E-state index contributed by atoms with van der Waals surface area (Å²) in [5.74, 6) is -1.13. The fourth-order valence-electron chi connectivity index (χ4n) is 2.55. The number of halogens is 3. The van der Waals surface area contributed by atoms with E-state index in [0.717, 1.165) is 11.0 Å². The van der Waals surface area contributed by atoms with Gasteiger partial charge >= 0.3 is 6.98 Å². The molecule has 0 atom stereocenters. The first-order valence-electron chi connectivity index (χ1n) is 6.62. The Labute approximate surface area is 124 Å². The Morgan fingerprint density at radius 3 is 1.86 bits per heavy atom. The molecule has 0 unspecified atom stereocenters. The largest absolute Gasteiger partial charge is 0.509 e. The molecular formula is C15H10BF3NO2-. The van der Waals surface area contributed by atoms with Gasteiger partial charge in [-0.05, 0) is 12.1 Å². The Morgan fingerprint density at radius 2 is 1.32 bits per heavy atom. The van der Waals surface area contributed by atoms with Crippen LogP contribution in [-0.2, 0) is 6.54 Å². The Balaban J connectivity index is 1.97. The van der Waals surface area contributed by atoms with Gasteiger partial charge in [0.05, 0.1) is 17.7 Å². The predicted molar refractivity (Wildman–Crippen MR) is 75.8 cm³/mol. The second-order valence-electron chi connectivity index (χ2n) is 5.02. The molecule has 22 heavy (non-hydrogen) atoms. The van der Waals surface area contributed by atoms with Gasteiger partial charge in [0.15, 0.2) is 0 Å². The minimum Gasteiger partial charge on any atom is -0.445 e. The average Bonchev–Trinajstić information content (AvgIpc) is 2.72. The van der Waals surface area contributed by atoms with E-state index in [-0.39, 0.29) is 23.2 Å². The van der Waals surface area contributed by atoms with Crippen molar-refractivity contribution in [2.75, 3.05) is 0 Å². The van der Waals surface area contributed by atoms with Gasteiger partial charge in [-0.3, -0.25) is 14.5 Å². The van der Waals surface area contributed by atoms with Crippen molar-refractivity contribution in [3.05, 3.63) is 65.2 Å². The van der Waals surface area contributed by atoms with Crippen molar-refractivity contribution in [1.82, 2.24) is 4.90 Å². The van der Waals surface area contributed by atoms with Gasteiger partial charge in [0.1, 0.15) is 0 Å². The summed E-state index contributed by atoms with van der Waals surface area (Å²) < 4.78 is 39.2. The number of carbonyl (C=O) groups is 2. The van der Waals surface area contributed by atoms with E-state index >= 15 is 0 Å². The van der Waals surface area contributed by atoms with E-state index in [4.69, 9.17) is 0 Å². The lowest BCUT2D eigenvalue weighted by atomic mass is 9.77. The lowest BCUT2D eigenvalue weighted by Gasteiger charge is -2.22. The number of benzene rings is 2. The van der Waals surface area contributed by atoms with Crippen molar-refractivity contribution in [2.24, 2.45) is 0 Å². The third kappa shape index (κ3) is 2.28. The zero-order valence-electron chi connectivity index (χ0n) is 11.3. The van der Waals surface area contributed by atoms with E-state index in [2.05, 4.69) is 0 Å². The molecule has 112 valence electrons. The van der Waals surface area contributed by atoms with E-state index in [9.17, 15) is 22.5 Å². The Bertz CT molecular complexity index is 738. The second-order valence-corrected chi connectivity index (χ2v) is 5.02. The minimum absolute atomic E-state index is 0.0792. The van der Waals surface area contributed by atoms with Gasteiger partial charge in [-0.15, -0.1) is 5.46 Å². The molecule has 0 saturated heterocycles. The zero-order chi connectivity index (χ0) is 15.9. The molecule has 0 aromatic heterocycles. The number of fused-ring (bicyclic) bond motifs is 1. The number of imide groups is 1. The van der Waals surface area contributed by atoms with Crippen LogP contribution >= 0.6 is 0 Å². The summed E-state index contributed by atoms with van der Waals surface area (Å²) in [5.41, 5.74) is -0.409. The van der Waals surface area contributed by atoms with Crippen LogP contribution in [0.25, 0.3) is 0 Å². The van der Waals surface area contributed by atoms with Crippen LogP contribution in [0.3, 0.4) is 0 Å². The number of amides is 2. The molecule has 0 saturated carbocycles. The van der Waals surface area contributed by atoms with Crippen molar-refractivity contribution in [3.63, 3.8) is 0 Å². The SMILES string of the molecule is O=C1c2ccccc2C(=O)N1Cc1ccccc1[B-](F)(F)F. The molecule has 2 amide bonds. The fraction of sp³-hybridized carbons (Fsp3) is 0.0667. The van der Waals surface area contributed by atoms with Crippen LogP contribution in [0.4, 0.5) is 12.9 Å². The van der Waals surface area contributed by atoms with Crippen LogP contribution in [0.5, 0.6) is 0 Å². The van der Waals surface area contributed by atoms with E-state index in [1.807, 2.05) is 0 Å². The molecule has 2 aromatic rings. The molecule has 0 bridgehead atoms. The van der Waals surface area contributed by atoms with E-state index < -0.39 is 24.3 Å². The molecule has 2 aromatic carbocycles. The zero-order valence-corrected chi connectivity index (χ0v) is 11.3. The molecule has 1 aliphatic heterocycles. The van der Waals surface area contributed by atoms with E-state index in [1.54, 1.807) is 12.1 Å². The third-order valence-electron chi connectivity index (χ3n) is 3.61. The maximum absolute atomic E-state index is 13.1. The van der Waals surface area contributed by atoms with Gasteiger partial charge in [-0.25, -0.2) is 0 Å². The lowest BCUT2D eigenvalue weighted by molar-refractivity contribution is 0.0642. The molecule has 1 aliphatic rings. The van der Waals surface area contributed by atoms with E-state index in [1.165, 1.54) is 30.3 Å². The average molecular weight is 304 g/mol. The highest BCUT2D eigenvalue weighted by atomic mass is 19.4. The maximum Gasteiger partial charge on any atom is 0.509 e. The highest BCUT2D eigenvalue weighted by Gasteiger charge is 2.36. The topological polar surface area (TPSA) is 37.4 Å². The molecule has 1 heterocycles. The third-order valence-corrected chi connectivity index (χ3v) is 3.61. The quantitative estimate of drug-likeness (QED) is 0.645. The summed E-state index contributed by atoms with van der Waals surface area (Å²) in [6.45, 7) is -5.59. The molecule has 3 nitrogen and oxygen atoms in total. The van der Waals surface area contributed by atoms with Crippen LogP contribution in [0, 0.1) is 0 Å². The Kier molecular flexibility index (Phi) is 3.28. The number of carbonyl (C=O) groups excluding carboxylic acids is 2. The molecule has 0 aliphatic carbocycles. The molecule has 3 rings (SSSR count). The van der Waals surface area contributed by atoms with Crippen molar-refractivity contribution in [3.8, 4) is 0 Å². The summed E-state index contributed by atoms with van der Waals surface area (Å²) in [6.07, 6.45) is 0. The Hall–Kier alpha value is -2.57. The lowest BCUT2D eigenvalue weighted by Crippen LogP contribution is -2.40. The van der Waals surface area contributed by atoms with Crippen LogP contribution in [0.1, 0.15) is 26.3 Å². The summed E-state index contributed by atoms with van der Waals surface area (Å²) in [7, 11) is 0. The first-order chi connectivity index (χ1) is 10.4. The predicted octanol–water partition coefficient (Wildman–Crippen LogP) is 2.54. The van der Waals surface area contributed by atoms with Gasteiger partial charge in [-0.1, -0.05) is 42.0 Å². The first kappa shape index (κ1) is 14.4. The van der Waals surface area contributed by atoms with Crippen molar-refractivity contribution >= 4 is 24.3 Å². The molecule has 0 spiro atoms. The number of hydrogen-bond acceptors (Lipinski definition) is 2. The van der Waals surface area contributed by atoms with Crippen LogP contribution < -0.4 is 5.46 Å². The summed E-state index contributed by atoms with van der Waals surface area (Å²) in [4.78, 5) is 25.3. The summed E-state index contributed by atoms with van der Waals surface area (Å²) in [5, 5.41) is 0. The number of nitrogens with zero attached hydrogens (tertiary/aromatic N) is 1. The second kappa shape index (κ2) is 5.01. The van der Waals surface area contributed by atoms with Gasteiger partial charge in [0.25, 0.3) is 11.8 Å². The first-order valence-corrected chi connectivity index (χ1v) is 6.62. The monoisotopic (exact) mass is 304 g/mol. The van der Waals surface area contributed by atoms with Gasteiger partial charge < -0.3 is 12.9 Å². The summed E-state index contributed by atoms with van der Waals surface area (Å²) >= 11 is 0. The van der Waals surface area contributed by atoms with Crippen LogP contribution in [0.15, 0.2) is 48.5 Å². The van der Waals surface area contributed by atoms with Crippen LogP contribution in [0.2, 0.25) is 0 Å². The maximum atomic E-state index is 13.1. The molecule has 0 fully saturated rings. The van der Waals surface area contributed by atoms with Crippen molar-refractivity contribution in [1.29, 1.82) is 0 Å². The summed E-state index contributed by atoms with van der Waals surface area (Å²) in [6, 6.07) is 11.2. The minimum atomic E-state index is -5.20. The van der Waals surface area contributed by atoms with Crippen molar-refractivity contribution < 1.29 is 22.5 Å². The number of rotatable bonds is 3. The molecular weight excluding hydrogens is 294 g/mol. The van der Waals surface area contributed by atoms with Crippen LogP contribution in [-0.4, -0.2) is 23.7 Å². The highest BCUT2D eigenvalue weighted by Crippen LogP contribution is 2.24.